The number of aryl methyl sites for hydroxylation is 1. The lowest BCUT2D eigenvalue weighted by Crippen LogP contribution is -2.33. The number of benzene rings is 1. The van der Waals surface area contributed by atoms with Gasteiger partial charge in [0, 0.05) is 24.2 Å². The summed E-state index contributed by atoms with van der Waals surface area (Å²) in [5.41, 5.74) is 10.2. The van der Waals surface area contributed by atoms with E-state index in [0.717, 1.165) is 22.6 Å². The number of imidazole rings is 1. The van der Waals surface area contributed by atoms with E-state index >= 15 is 0 Å². The molecule has 0 bridgehead atoms. The smallest absolute Gasteiger partial charge is 0.224 e. The molecule has 26 heavy (non-hydrogen) atoms. The number of H-pyrrole nitrogens is 1. The monoisotopic (exact) mass is 349 g/mol. The second-order valence-corrected chi connectivity index (χ2v) is 6.34. The van der Waals surface area contributed by atoms with Gasteiger partial charge in [-0.15, -0.1) is 0 Å². The Kier molecular flexibility index (Phi) is 5.43. The molecule has 3 rings (SSSR count). The first-order valence-electron chi connectivity index (χ1n) is 8.63. The number of amides is 1. The predicted octanol–water partition coefficient (Wildman–Crippen LogP) is 2.66. The number of aromatic amines is 1. The van der Waals surface area contributed by atoms with E-state index < -0.39 is 0 Å². The fourth-order valence-electron chi connectivity index (χ4n) is 2.57. The van der Waals surface area contributed by atoms with E-state index in [2.05, 4.69) is 27.4 Å². The summed E-state index contributed by atoms with van der Waals surface area (Å²) in [6, 6.07) is 13.9. The molecular weight excluding hydrogens is 326 g/mol. The van der Waals surface area contributed by atoms with Crippen LogP contribution < -0.4 is 11.1 Å². The minimum absolute atomic E-state index is 0.0832. The Morgan fingerprint density at radius 1 is 1.23 bits per heavy atom. The van der Waals surface area contributed by atoms with Crippen LogP contribution in [0, 0.1) is 12.8 Å². The number of rotatable bonds is 6. The second kappa shape index (κ2) is 7.93. The summed E-state index contributed by atoms with van der Waals surface area (Å²) < 4.78 is 0. The van der Waals surface area contributed by atoms with Crippen LogP contribution in [-0.4, -0.2) is 27.4 Å². The van der Waals surface area contributed by atoms with E-state index in [1.807, 2.05) is 37.3 Å². The van der Waals surface area contributed by atoms with Crippen LogP contribution >= 0.6 is 0 Å². The van der Waals surface area contributed by atoms with Gasteiger partial charge in [-0.1, -0.05) is 42.8 Å². The van der Waals surface area contributed by atoms with Crippen molar-refractivity contribution in [1.82, 2.24) is 20.3 Å². The molecular formula is C20H23N5O. The first kappa shape index (κ1) is 17.8. The Labute approximate surface area is 152 Å². The summed E-state index contributed by atoms with van der Waals surface area (Å²) in [7, 11) is 0. The highest BCUT2D eigenvalue weighted by molar-refractivity contribution is 5.79. The molecule has 2 aromatic heterocycles. The number of hydrogen-bond donors (Lipinski definition) is 3. The number of aromatic nitrogens is 3. The number of carbonyl (C=O) groups is 1. The van der Waals surface area contributed by atoms with Gasteiger partial charge in [0.15, 0.2) is 0 Å². The van der Waals surface area contributed by atoms with Crippen molar-refractivity contribution >= 4 is 5.91 Å². The van der Waals surface area contributed by atoms with Crippen LogP contribution in [0.15, 0.2) is 48.7 Å². The summed E-state index contributed by atoms with van der Waals surface area (Å²) >= 11 is 0. The molecule has 0 aliphatic rings. The third-order valence-electron chi connectivity index (χ3n) is 4.23. The third kappa shape index (κ3) is 3.97. The van der Waals surface area contributed by atoms with Crippen molar-refractivity contribution in [1.29, 1.82) is 0 Å². The first-order valence-corrected chi connectivity index (χ1v) is 8.63. The van der Waals surface area contributed by atoms with Crippen molar-refractivity contribution in [2.24, 2.45) is 11.7 Å². The molecule has 4 N–H and O–H groups in total. The molecule has 1 aromatic carbocycles. The maximum Gasteiger partial charge on any atom is 0.224 e. The van der Waals surface area contributed by atoms with Crippen molar-refractivity contribution in [3.63, 3.8) is 0 Å². The largest absolute Gasteiger partial charge is 0.349 e. The lowest BCUT2D eigenvalue weighted by atomic mass is 10.1. The minimum atomic E-state index is -0.225. The molecule has 3 aromatic rings. The standard InChI is InChI=1S/C20H23N5O/c1-13-6-8-15(9-7-13)18-19(16-5-3-4-10-22-16)25-17(24-18)12-23-20(26)14(2)11-21/h3-10,14H,11-12,21H2,1-2H3,(H,23,26)(H,24,25)/t14-/m1/s1. The topological polar surface area (TPSA) is 96.7 Å². The van der Waals surface area contributed by atoms with Crippen LogP contribution in [0.3, 0.4) is 0 Å². The average Bonchev–Trinajstić information content (AvgIpc) is 3.11. The highest BCUT2D eigenvalue weighted by atomic mass is 16.1. The summed E-state index contributed by atoms with van der Waals surface area (Å²) in [5.74, 6) is 0.371. The van der Waals surface area contributed by atoms with E-state index in [-0.39, 0.29) is 11.8 Å². The van der Waals surface area contributed by atoms with Crippen molar-refractivity contribution in [3.05, 3.63) is 60.0 Å². The number of nitrogens with one attached hydrogen (secondary N) is 2. The molecule has 0 spiro atoms. The molecule has 134 valence electrons. The van der Waals surface area contributed by atoms with Gasteiger partial charge < -0.3 is 16.0 Å². The molecule has 0 aliphatic carbocycles. The highest BCUT2D eigenvalue weighted by Gasteiger charge is 2.16. The molecule has 1 amide bonds. The van der Waals surface area contributed by atoms with Crippen molar-refractivity contribution in [2.45, 2.75) is 20.4 Å². The van der Waals surface area contributed by atoms with Gasteiger partial charge in [-0.2, -0.15) is 0 Å². The van der Waals surface area contributed by atoms with E-state index in [9.17, 15) is 4.79 Å². The lowest BCUT2D eigenvalue weighted by Gasteiger charge is -2.08. The lowest BCUT2D eigenvalue weighted by molar-refractivity contribution is -0.124. The SMILES string of the molecule is Cc1ccc(-c2nc(CNC(=O)[C@H](C)CN)[nH]c2-c2ccccn2)cc1. The van der Waals surface area contributed by atoms with Gasteiger partial charge in [-0.05, 0) is 19.1 Å². The van der Waals surface area contributed by atoms with Crippen molar-refractivity contribution in [3.8, 4) is 22.6 Å². The maximum absolute atomic E-state index is 12.0. The van der Waals surface area contributed by atoms with Gasteiger partial charge in [0.2, 0.25) is 5.91 Å². The van der Waals surface area contributed by atoms with Crippen molar-refractivity contribution in [2.75, 3.05) is 6.54 Å². The summed E-state index contributed by atoms with van der Waals surface area (Å²) in [6.07, 6.45) is 1.75. The predicted molar refractivity (Wildman–Crippen MR) is 102 cm³/mol. The number of nitrogens with two attached hydrogens (primary N) is 1. The van der Waals surface area contributed by atoms with Gasteiger partial charge in [-0.3, -0.25) is 9.78 Å². The zero-order chi connectivity index (χ0) is 18.5. The molecule has 6 nitrogen and oxygen atoms in total. The van der Waals surface area contributed by atoms with E-state index in [1.54, 1.807) is 13.1 Å². The fraction of sp³-hybridized carbons (Fsp3) is 0.250. The molecule has 2 heterocycles. The van der Waals surface area contributed by atoms with Crippen LogP contribution in [0.2, 0.25) is 0 Å². The molecule has 0 fully saturated rings. The molecule has 0 saturated carbocycles. The fourth-order valence-corrected chi connectivity index (χ4v) is 2.57. The van der Waals surface area contributed by atoms with E-state index in [0.29, 0.717) is 18.9 Å². The molecule has 0 radical (unpaired) electrons. The molecule has 6 heteroatoms. The summed E-state index contributed by atoms with van der Waals surface area (Å²) in [4.78, 5) is 24.4. The minimum Gasteiger partial charge on any atom is -0.349 e. The molecule has 0 unspecified atom stereocenters. The van der Waals surface area contributed by atoms with Gasteiger partial charge in [0.1, 0.15) is 5.82 Å². The van der Waals surface area contributed by atoms with E-state index in [1.165, 1.54) is 5.56 Å². The Morgan fingerprint density at radius 2 is 2.00 bits per heavy atom. The molecule has 0 saturated heterocycles. The number of pyridine rings is 1. The maximum atomic E-state index is 12.0. The van der Waals surface area contributed by atoms with Gasteiger partial charge in [0.25, 0.3) is 0 Å². The quantitative estimate of drug-likeness (QED) is 0.637. The van der Waals surface area contributed by atoms with Gasteiger partial charge in [0.05, 0.1) is 23.6 Å². The van der Waals surface area contributed by atoms with Crippen molar-refractivity contribution < 1.29 is 4.79 Å². The number of nitrogens with zero attached hydrogens (tertiary/aromatic N) is 2. The molecule has 0 aliphatic heterocycles. The van der Waals surface area contributed by atoms with Crippen LogP contribution in [0.4, 0.5) is 0 Å². The average molecular weight is 349 g/mol. The van der Waals surface area contributed by atoms with Crippen LogP contribution in [0.5, 0.6) is 0 Å². The Morgan fingerprint density at radius 3 is 2.65 bits per heavy atom. The number of carbonyl (C=O) groups excluding carboxylic acids is 1. The summed E-state index contributed by atoms with van der Waals surface area (Å²) in [6.45, 7) is 4.48. The highest BCUT2D eigenvalue weighted by Crippen LogP contribution is 2.29. The number of hydrogen-bond acceptors (Lipinski definition) is 4. The van der Waals surface area contributed by atoms with Crippen LogP contribution in [-0.2, 0) is 11.3 Å². The Hall–Kier alpha value is -2.99. The van der Waals surface area contributed by atoms with Crippen LogP contribution in [0.1, 0.15) is 18.3 Å². The van der Waals surface area contributed by atoms with Gasteiger partial charge in [-0.25, -0.2) is 4.98 Å². The second-order valence-electron chi connectivity index (χ2n) is 6.34. The first-order chi connectivity index (χ1) is 12.6. The summed E-state index contributed by atoms with van der Waals surface area (Å²) in [5, 5.41) is 2.87. The van der Waals surface area contributed by atoms with Gasteiger partial charge >= 0.3 is 0 Å². The van der Waals surface area contributed by atoms with E-state index in [4.69, 9.17) is 10.7 Å². The normalized spacial score (nSPS) is 12.0. The zero-order valence-electron chi connectivity index (χ0n) is 15.0. The Bertz CT molecular complexity index is 871. The Balaban J connectivity index is 1.93. The molecule has 1 atom stereocenters. The van der Waals surface area contributed by atoms with Crippen LogP contribution in [0.25, 0.3) is 22.6 Å². The third-order valence-corrected chi connectivity index (χ3v) is 4.23. The zero-order valence-corrected chi connectivity index (χ0v) is 15.0.